The molecule has 10 heteroatoms. The van der Waals surface area contributed by atoms with Crippen molar-refractivity contribution in [2.75, 3.05) is 12.4 Å². The van der Waals surface area contributed by atoms with E-state index in [1.807, 2.05) is 20.9 Å². The predicted molar refractivity (Wildman–Crippen MR) is 102 cm³/mol. The van der Waals surface area contributed by atoms with Crippen LogP contribution in [0.2, 0.25) is 0 Å². The number of carbonyl (C=O) groups excluding carboxylic acids is 1. The van der Waals surface area contributed by atoms with E-state index in [1.165, 1.54) is 18.1 Å². The van der Waals surface area contributed by atoms with Crippen LogP contribution in [-0.2, 0) is 7.05 Å². The van der Waals surface area contributed by atoms with Crippen LogP contribution in [0.5, 0.6) is 5.75 Å². The number of anilines is 1. The van der Waals surface area contributed by atoms with Gasteiger partial charge in [-0.1, -0.05) is 0 Å². The first kappa shape index (κ1) is 17.6. The van der Waals surface area contributed by atoms with E-state index in [0.29, 0.717) is 28.3 Å². The number of benzene rings is 1. The van der Waals surface area contributed by atoms with Crippen molar-refractivity contribution in [1.82, 2.24) is 35.0 Å². The highest BCUT2D eigenvalue weighted by Gasteiger charge is 2.19. The number of nitrogens with zero attached hydrogens (tertiary/aromatic N) is 7. The van der Waals surface area contributed by atoms with E-state index in [4.69, 9.17) is 4.74 Å². The second kappa shape index (κ2) is 6.72. The number of hydrogen-bond donors (Lipinski definition) is 1. The standard InChI is InChI=1S/C18H18N8O2/c1-10-7-13(16-11(2)22-25(3)17(16)20-10)18(27)21-14-6-5-12(8-15(14)28-4)26-9-19-23-24-26/h5-9H,1-4H3,(H,21,27). The summed E-state index contributed by atoms with van der Waals surface area (Å²) in [5.74, 6) is 0.228. The average Bonchev–Trinajstić information content (AvgIpc) is 3.30. The monoisotopic (exact) mass is 378 g/mol. The molecule has 28 heavy (non-hydrogen) atoms. The summed E-state index contributed by atoms with van der Waals surface area (Å²) in [5, 5.41) is 19.1. The van der Waals surface area contributed by atoms with Gasteiger partial charge in [0.25, 0.3) is 5.91 Å². The molecular weight excluding hydrogens is 360 g/mol. The Labute approximate surface area is 160 Å². The lowest BCUT2D eigenvalue weighted by molar-refractivity contribution is 0.102. The van der Waals surface area contributed by atoms with Crippen molar-refractivity contribution in [2.45, 2.75) is 13.8 Å². The topological polar surface area (TPSA) is 113 Å². The minimum absolute atomic E-state index is 0.264. The number of amides is 1. The molecule has 1 N–H and O–H groups in total. The molecule has 1 aromatic carbocycles. The number of tetrazole rings is 1. The van der Waals surface area contributed by atoms with Crippen molar-refractivity contribution < 1.29 is 9.53 Å². The second-order valence-corrected chi connectivity index (χ2v) is 6.31. The molecule has 4 rings (SSSR count). The van der Waals surface area contributed by atoms with Crippen LogP contribution >= 0.6 is 0 Å². The van der Waals surface area contributed by atoms with Crippen LogP contribution in [0.25, 0.3) is 16.7 Å². The van der Waals surface area contributed by atoms with Crippen molar-refractivity contribution in [2.24, 2.45) is 7.05 Å². The molecule has 0 fully saturated rings. The van der Waals surface area contributed by atoms with Crippen LogP contribution in [0.4, 0.5) is 5.69 Å². The summed E-state index contributed by atoms with van der Waals surface area (Å²) in [6, 6.07) is 7.04. The highest BCUT2D eigenvalue weighted by Crippen LogP contribution is 2.29. The van der Waals surface area contributed by atoms with E-state index < -0.39 is 0 Å². The van der Waals surface area contributed by atoms with Crippen LogP contribution in [0.15, 0.2) is 30.6 Å². The van der Waals surface area contributed by atoms with Crippen LogP contribution in [0, 0.1) is 13.8 Å². The molecular formula is C18H18N8O2. The Morgan fingerprint density at radius 3 is 2.75 bits per heavy atom. The highest BCUT2D eigenvalue weighted by atomic mass is 16.5. The van der Waals surface area contributed by atoms with Crippen LogP contribution in [-0.4, -0.2) is 48.0 Å². The Balaban J connectivity index is 1.72. The fraction of sp³-hybridized carbons (Fsp3) is 0.222. The van der Waals surface area contributed by atoms with Gasteiger partial charge in [-0.25, -0.2) is 9.67 Å². The summed E-state index contributed by atoms with van der Waals surface area (Å²) in [7, 11) is 3.35. The molecule has 0 aliphatic heterocycles. The maximum absolute atomic E-state index is 13.1. The first-order chi connectivity index (χ1) is 13.5. The number of pyridine rings is 1. The van der Waals surface area contributed by atoms with Gasteiger partial charge in [0.2, 0.25) is 0 Å². The SMILES string of the molecule is COc1cc(-n2cnnn2)ccc1NC(=O)c1cc(C)nc2c1c(C)nn2C. The normalized spacial score (nSPS) is 11.0. The third-order valence-electron chi connectivity index (χ3n) is 4.39. The summed E-state index contributed by atoms with van der Waals surface area (Å²) in [5.41, 5.74) is 3.92. The number of nitrogens with one attached hydrogen (secondary N) is 1. The Hall–Kier alpha value is -3.82. The number of hydrogen-bond acceptors (Lipinski definition) is 7. The highest BCUT2D eigenvalue weighted by molar-refractivity contribution is 6.13. The smallest absolute Gasteiger partial charge is 0.256 e. The number of fused-ring (bicyclic) bond motifs is 1. The van der Waals surface area contributed by atoms with Crippen LogP contribution in [0.3, 0.4) is 0 Å². The van der Waals surface area contributed by atoms with Gasteiger partial charge < -0.3 is 10.1 Å². The van der Waals surface area contributed by atoms with Gasteiger partial charge in [-0.2, -0.15) is 5.10 Å². The van der Waals surface area contributed by atoms with Gasteiger partial charge in [0, 0.05) is 18.8 Å². The van der Waals surface area contributed by atoms with E-state index in [0.717, 1.165) is 16.8 Å². The number of rotatable bonds is 4. The lowest BCUT2D eigenvalue weighted by Crippen LogP contribution is -2.14. The molecule has 0 aliphatic rings. The zero-order chi connectivity index (χ0) is 19.8. The summed E-state index contributed by atoms with van der Waals surface area (Å²) < 4.78 is 8.61. The fourth-order valence-electron chi connectivity index (χ4n) is 3.14. The molecule has 10 nitrogen and oxygen atoms in total. The van der Waals surface area contributed by atoms with E-state index in [2.05, 4.69) is 30.9 Å². The number of aromatic nitrogens is 7. The zero-order valence-corrected chi connectivity index (χ0v) is 15.8. The molecule has 0 aliphatic carbocycles. The number of methoxy groups -OCH3 is 1. The predicted octanol–water partition coefficient (Wildman–Crippen LogP) is 1.82. The van der Waals surface area contributed by atoms with Gasteiger partial charge >= 0.3 is 0 Å². The minimum Gasteiger partial charge on any atom is -0.494 e. The molecule has 0 radical (unpaired) electrons. The van der Waals surface area contributed by atoms with E-state index in [-0.39, 0.29) is 5.91 Å². The first-order valence-electron chi connectivity index (χ1n) is 8.51. The zero-order valence-electron chi connectivity index (χ0n) is 15.8. The molecule has 3 aromatic heterocycles. The third-order valence-corrected chi connectivity index (χ3v) is 4.39. The molecule has 0 spiro atoms. The number of aryl methyl sites for hydroxylation is 3. The second-order valence-electron chi connectivity index (χ2n) is 6.31. The molecule has 0 bridgehead atoms. The Morgan fingerprint density at radius 2 is 2.04 bits per heavy atom. The number of carbonyl (C=O) groups is 1. The molecule has 3 heterocycles. The average molecular weight is 378 g/mol. The first-order valence-corrected chi connectivity index (χ1v) is 8.51. The summed E-state index contributed by atoms with van der Waals surface area (Å²) in [4.78, 5) is 17.5. The van der Waals surface area contributed by atoms with E-state index in [1.54, 1.807) is 28.9 Å². The Kier molecular flexibility index (Phi) is 4.22. The quantitative estimate of drug-likeness (QED) is 0.576. The molecule has 0 saturated heterocycles. The lowest BCUT2D eigenvalue weighted by atomic mass is 10.1. The van der Waals surface area contributed by atoms with Gasteiger partial charge in [0.1, 0.15) is 12.1 Å². The maximum Gasteiger partial charge on any atom is 0.256 e. The van der Waals surface area contributed by atoms with Crippen molar-refractivity contribution in [3.63, 3.8) is 0 Å². The van der Waals surface area contributed by atoms with Crippen LogP contribution < -0.4 is 10.1 Å². The molecule has 4 aromatic rings. The van der Waals surface area contributed by atoms with Gasteiger partial charge in [0.15, 0.2) is 5.65 Å². The van der Waals surface area contributed by atoms with E-state index in [9.17, 15) is 4.79 Å². The van der Waals surface area contributed by atoms with Crippen LogP contribution in [0.1, 0.15) is 21.7 Å². The minimum atomic E-state index is -0.264. The molecule has 0 unspecified atom stereocenters. The maximum atomic E-state index is 13.1. The largest absolute Gasteiger partial charge is 0.494 e. The van der Waals surface area contributed by atoms with Gasteiger partial charge in [-0.05, 0) is 42.5 Å². The fourth-order valence-corrected chi connectivity index (χ4v) is 3.14. The van der Waals surface area contributed by atoms with Crippen molar-refractivity contribution in [1.29, 1.82) is 0 Å². The third kappa shape index (κ3) is 2.94. The van der Waals surface area contributed by atoms with Crippen molar-refractivity contribution >= 4 is 22.6 Å². The van der Waals surface area contributed by atoms with Gasteiger partial charge in [-0.3, -0.25) is 9.48 Å². The molecule has 142 valence electrons. The Morgan fingerprint density at radius 1 is 1.21 bits per heavy atom. The summed E-state index contributed by atoms with van der Waals surface area (Å²) in [6.45, 7) is 3.71. The lowest BCUT2D eigenvalue weighted by Gasteiger charge is -2.12. The Bertz CT molecular complexity index is 1180. The molecule has 0 saturated carbocycles. The van der Waals surface area contributed by atoms with E-state index >= 15 is 0 Å². The van der Waals surface area contributed by atoms with Crippen molar-refractivity contribution in [3.8, 4) is 11.4 Å². The molecule has 1 amide bonds. The number of ether oxygens (including phenoxy) is 1. The van der Waals surface area contributed by atoms with Gasteiger partial charge in [-0.15, -0.1) is 5.10 Å². The van der Waals surface area contributed by atoms with Gasteiger partial charge in [0.05, 0.1) is 35.1 Å². The molecule has 0 atom stereocenters. The summed E-state index contributed by atoms with van der Waals surface area (Å²) in [6.07, 6.45) is 1.48. The summed E-state index contributed by atoms with van der Waals surface area (Å²) >= 11 is 0. The van der Waals surface area contributed by atoms with Crippen molar-refractivity contribution in [3.05, 3.63) is 47.5 Å².